The molecule has 1 aliphatic carbocycles. The van der Waals surface area contributed by atoms with Crippen LogP contribution in [0.4, 0.5) is 16.0 Å². The minimum absolute atomic E-state index is 0.121. The molecule has 2 fully saturated rings. The normalized spacial score (nSPS) is 18.9. The number of aromatic nitrogens is 3. The fourth-order valence-corrected chi connectivity index (χ4v) is 5.10. The van der Waals surface area contributed by atoms with Crippen molar-refractivity contribution in [1.29, 1.82) is 0 Å². The molecule has 4 rings (SSSR count). The molecule has 188 valence electrons. The maximum Gasteiger partial charge on any atom is 0.243 e. The lowest BCUT2D eigenvalue weighted by Crippen LogP contribution is -2.41. The Hall–Kier alpha value is -3.34. The molecule has 3 N–H and O–H groups in total. The number of rotatable bonds is 10. The Kier molecular flexibility index (Phi) is 8.06. The molecule has 1 unspecified atom stereocenters. The summed E-state index contributed by atoms with van der Waals surface area (Å²) in [6, 6.07) is 3.94. The first kappa shape index (κ1) is 24.8. The molecule has 0 bridgehead atoms. The third-order valence-corrected chi connectivity index (χ3v) is 6.91. The maximum atomic E-state index is 15.4. The second-order valence-electron chi connectivity index (χ2n) is 9.39. The Bertz CT molecular complexity index is 1020. The van der Waals surface area contributed by atoms with Crippen LogP contribution in [0.25, 0.3) is 0 Å². The third kappa shape index (κ3) is 6.21. The van der Waals surface area contributed by atoms with Crippen molar-refractivity contribution in [3.8, 4) is 0 Å². The minimum atomic E-state index is -0.643. The molecule has 2 aromatic rings. The molecule has 3 heterocycles. The van der Waals surface area contributed by atoms with Crippen LogP contribution >= 0.6 is 0 Å². The SMILES string of the molecule is Cc1nc(NNC(=O)[C@H](CC2CCCC2)CN(O)C=O)c(F)c(N2CCC(c3ccncc3)C2)n1. The van der Waals surface area contributed by atoms with E-state index >= 15 is 4.39 Å². The van der Waals surface area contributed by atoms with Gasteiger partial charge in [-0.3, -0.25) is 30.6 Å². The Balaban J connectivity index is 1.43. The van der Waals surface area contributed by atoms with Crippen molar-refractivity contribution in [3.05, 3.63) is 41.7 Å². The van der Waals surface area contributed by atoms with Gasteiger partial charge in [-0.25, -0.2) is 15.0 Å². The van der Waals surface area contributed by atoms with Crippen LogP contribution in [0.5, 0.6) is 0 Å². The summed E-state index contributed by atoms with van der Waals surface area (Å²) in [5, 5.41) is 10.1. The molecule has 2 atom stereocenters. The van der Waals surface area contributed by atoms with Gasteiger partial charge in [0, 0.05) is 31.4 Å². The van der Waals surface area contributed by atoms with Crippen LogP contribution < -0.4 is 15.8 Å². The zero-order valence-electron chi connectivity index (χ0n) is 19.9. The van der Waals surface area contributed by atoms with Gasteiger partial charge in [0.15, 0.2) is 11.6 Å². The number of nitrogens with zero attached hydrogens (tertiary/aromatic N) is 5. The molecule has 0 aromatic carbocycles. The van der Waals surface area contributed by atoms with Crippen LogP contribution in [0.15, 0.2) is 24.5 Å². The summed E-state index contributed by atoms with van der Waals surface area (Å²) < 4.78 is 15.4. The lowest BCUT2D eigenvalue weighted by atomic mass is 9.92. The van der Waals surface area contributed by atoms with E-state index < -0.39 is 17.6 Å². The van der Waals surface area contributed by atoms with E-state index in [1.807, 2.05) is 17.0 Å². The van der Waals surface area contributed by atoms with Crippen molar-refractivity contribution in [2.75, 3.05) is 30.0 Å². The topological polar surface area (TPSA) is 124 Å². The highest BCUT2D eigenvalue weighted by Gasteiger charge is 2.30. The molecule has 2 aliphatic rings. The molecule has 10 nitrogen and oxygen atoms in total. The average molecular weight is 486 g/mol. The molecule has 2 amide bonds. The molecule has 0 spiro atoms. The Morgan fingerprint density at radius 1 is 1.29 bits per heavy atom. The number of amides is 2. The second-order valence-corrected chi connectivity index (χ2v) is 9.39. The van der Waals surface area contributed by atoms with Gasteiger partial charge in [-0.05, 0) is 43.4 Å². The average Bonchev–Trinajstić information content (AvgIpc) is 3.56. The lowest BCUT2D eigenvalue weighted by molar-refractivity contribution is -0.154. The first-order valence-electron chi connectivity index (χ1n) is 12.1. The molecule has 11 heteroatoms. The lowest BCUT2D eigenvalue weighted by Gasteiger charge is -2.23. The number of halogens is 1. The van der Waals surface area contributed by atoms with E-state index in [0.717, 1.165) is 37.7 Å². The Morgan fingerprint density at radius 2 is 2.03 bits per heavy atom. The first-order chi connectivity index (χ1) is 16.9. The van der Waals surface area contributed by atoms with Crippen LogP contribution in [-0.2, 0) is 9.59 Å². The Morgan fingerprint density at radius 3 is 2.74 bits per heavy atom. The standard InChI is InChI=1S/C24H32FN7O3/c1-16-27-22(29-30-24(34)20(14-32(35)15-33)12-17-4-2-3-5-17)21(25)23(28-16)31-11-8-19(13-31)18-6-9-26-10-7-18/h6-7,9-10,15,17,19-20,35H,2-5,8,11-14H2,1H3,(H,30,34)(H,27,28,29)/t19?,20-/m1/s1. The maximum absolute atomic E-state index is 15.4. The highest BCUT2D eigenvalue weighted by molar-refractivity contribution is 5.80. The first-order valence-corrected chi connectivity index (χ1v) is 12.1. The number of carbonyl (C=O) groups excluding carboxylic acids is 2. The number of pyridine rings is 1. The summed E-state index contributed by atoms with van der Waals surface area (Å²) in [6.07, 6.45) is 9.44. The molecule has 0 radical (unpaired) electrons. The predicted molar refractivity (Wildman–Crippen MR) is 127 cm³/mol. The fourth-order valence-electron chi connectivity index (χ4n) is 5.10. The predicted octanol–water partition coefficient (Wildman–Crippen LogP) is 2.80. The molecular formula is C24H32FN7O3. The van der Waals surface area contributed by atoms with Crippen LogP contribution in [-0.4, -0.2) is 57.2 Å². The van der Waals surface area contributed by atoms with Gasteiger partial charge in [0.05, 0.1) is 12.5 Å². The van der Waals surface area contributed by atoms with Gasteiger partial charge in [-0.15, -0.1) is 0 Å². The van der Waals surface area contributed by atoms with E-state index in [-0.39, 0.29) is 30.5 Å². The summed E-state index contributed by atoms with van der Waals surface area (Å²) in [7, 11) is 0. The number of nitrogens with one attached hydrogen (secondary N) is 2. The number of hydrazine groups is 1. The van der Waals surface area contributed by atoms with E-state index in [4.69, 9.17) is 0 Å². The van der Waals surface area contributed by atoms with Gasteiger partial charge >= 0.3 is 0 Å². The van der Waals surface area contributed by atoms with E-state index in [1.165, 1.54) is 0 Å². The van der Waals surface area contributed by atoms with Gasteiger partial charge in [0.25, 0.3) is 0 Å². The van der Waals surface area contributed by atoms with E-state index in [1.54, 1.807) is 19.3 Å². The minimum Gasteiger partial charge on any atom is -0.353 e. The smallest absolute Gasteiger partial charge is 0.243 e. The summed E-state index contributed by atoms with van der Waals surface area (Å²) in [4.78, 5) is 38.2. The highest BCUT2D eigenvalue weighted by atomic mass is 19.1. The third-order valence-electron chi connectivity index (χ3n) is 6.91. The molecule has 35 heavy (non-hydrogen) atoms. The zero-order valence-corrected chi connectivity index (χ0v) is 19.9. The van der Waals surface area contributed by atoms with E-state index in [9.17, 15) is 14.8 Å². The van der Waals surface area contributed by atoms with Crippen molar-refractivity contribution >= 4 is 24.0 Å². The largest absolute Gasteiger partial charge is 0.353 e. The molecule has 1 saturated carbocycles. The molecule has 1 aliphatic heterocycles. The highest BCUT2D eigenvalue weighted by Crippen LogP contribution is 2.33. The van der Waals surface area contributed by atoms with E-state index in [2.05, 4.69) is 25.8 Å². The quantitative estimate of drug-likeness (QED) is 0.267. The van der Waals surface area contributed by atoms with Crippen LogP contribution in [0.3, 0.4) is 0 Å². The van der Waals surface area contributed by atoms with Gasteiger partial charge in [0.1, 0.15) is 5.82 Å². The molecule has 2 aromatic heterocycles. The summed E-state index contributed by atoms with van der Waals surface area (Å²) in [5.74, 6) is -0.663. The number of aryl methyl sites for hydroxylation is 1. The van der Waals surface area contributed by atoms with Crippen LogP contribution in [0.2, 0.25) is 0 Å². The van der Waals surface area contributed by atoms with Gasteiger partial charge in [0.2, 0.25) is 18.1 Å². The van der Waals surface area contributed by atoms with Crippen molar-refractivity contribution in [1.82, 2.24) is 25.4 Å². The van der Waals surface area contributed by atoms with Crippen LogP contribution in [0, 0.1) is 24.6 Å². The Labute approximate surface area is 203 Å². The molecule has 1 saturated heterocycles. The van der Waals surface area contributed by atoms with Crippen molar-refractivity contribution in [2.24, 2.45) is 11.8 Å². The number of hydrogen-bond donors (Lipinski definition) is 3. The fraction of sp³-hybridized carbons (Fsp3) is 0.542. The molecular weight excluding hydrogens is 453 g/mol. The van der Waals surface area contributed by atoms with Crippen molar-refractivity contribution in [3.63, 3.8) is 0 Å². The summed E-state index contributed by atoms with van der Waals surface area (Å²) >= 11 is 0. The number of carbonyl (C=O) groups is 2. The number of hydroxylamine groups is 2. The van der Waals surface area contributed by atoms with Gasteiger partial charge in [-0.1, -0.05) is 25.7 Å². The van der Waals surface area contributed by atoms with Gasteiger partial charge < -0.3 is 4.90 Å². The monoisotopic (exact) mass is 485 g/mol. The van der Waals surface area contributed by atoms with Crippen molar-refractivity contribution < 1.29 is 19.2 Å². The number of hydrogen-bond acceptors (Lipinski definition) is 8. The zero-order chi connectivity index (χ0) is 24.8. The van der Waals surface area contributed by atoms with Gasteiger partial charge in [-0.2, -0.15) is 4.39 Å². The summed E-state index contributed by atoms with van der Waals surface area (Å²) in [5.41, 5.74) is 6.29. The second kappa shape index (κ2) is 11.4. The number of anilines is 2. The van der Waals surface area contributed by atoms with Crippen LogP contribution in [0.1, 0.15) is 55.8 Å². The summed E-state index contributed by atoms with van der Waals surface area (Å²) in [6.45, 7) is 2.80. The van der Waals surface area contributed by atoms with Crippen molar-refractivity contribution in [2.45, 2.75) is 51.4 Å². The van der Waals surface area contributed by atoms with E-state index in [0.29, 0.717) is 36.3 Å².